The summed E-state index contributed by atoms with van der Waals surface area (Å²) in [5.41, 5.74) is 2.47. The van der Waals surface area contributed by atoms with Crippen LogP contribution in [0.5, 0.6) is 11.5 Å². The fourth-order valence-corrected chi connectivity index (χ4v) is 4.23. The van der Waals surface area contributed by atoms with Gasteiger partial charge in [-0.25, -0.2) is 0 Å². The first-order valence-electron chi connectivity index (χ1n) is 8.46. The quantitative estimate of drug-likeness (QED) is 0.809. The maximum Gasteiger partial charge on any atom is 0.234 e. The van der Waals surface area contributed by atoms with Gasteiger partial charge in [-0.05, 0) is 19.9 Å². The molecule has 26 heavy (non-hydrogen) atoms. The Morgan fingerprint density at radius 2 is 2.15 bits per heavy atom. The molecule has 1 fully saturated rings. The fraction of sp³-hybridized carbons (Fsp3) is 0.368. The summed E-state index contributed by atoms with van der Waals surface area (Å²) in [5.74, 6) is 1.14. The standard InChI is InChI=1S/C19H22N2O4S/c1-3-25-16-7-5-4-6-14(16)19-21(17(23)11-26-19)9-15-13(10-22)8-20-12(2)18(15)24/h4-8,19,22,24H,3,9-11H2,1-2H3. The number of nitrogens with zero attached hydrogens (tertiary/aromatic N) is 2. The summed E-state index contributed by atoms with van der Waals surface area (Å²) in [6, 6.07) is 7.68. The molecule has 1 aliphatic rings. The predicted octanol–water partition coefficient (Wildman–Crippen LogP) is 2.76. The van der Waals surface area contributed by atoms with Crippen molar-refractivity contribution in [3.63, 3.8) is 0 Å². The zero-order valence-electron chi connectivity index (χ0n) is 14.8. The maximum absolute atomic E-state index is 12.5. The molecule has 0 bridgehead atoms. The van der Waals surface area contributed by atoms with Crippen LogP contribution in [0.3, 0.4) is 0 Å². The second-order valence-corrected chi connectivity index (χ2v) is 7.08. The highest BCUT2D eigenvalue weighted by atomic mass is 32.2. The Labute approximate surface area is 156 Å². The van der Waals surface area contributed by atoms with Gasteiger partial charge in [-0.3, -0.25) is 9.78 Å². The van der Waals surface area contributed by atoms with Crippen molar-refractivity contribution in [2.75, 3.05) is 12.4 Å². The average Bonchev–Trinajstić information content (AvgIpc) is 3.00. The van der Waals surface area contributed by atoms with Crippen LogP contribution in [0.4, 0.5) is 0 Å². The number of pyridine rings is 1. The number of hydrogen-bond donors (Lipinski definition) is 2. The van der Waals surface area contributed by atoms with Crippen molar-refractivity contribution in [2.45, 2.75) is 32.4 Å². The van der Waals surface area contributed by atoms with E-state index in [1.807, 2.05) is 31.2 Å². The molecule has 2 heterocycles. The van der Waals surface area contributed by atoms with E-state index in [2.05, 4.69) is 4.98 Å². The van der Waals surface area contributed by atoms with Gasteiger partial charge in [0.05, 0.1) is 31.2 Å². The van der Waals surface area contributed by atoms with E-state index < -0.39 is 0 Å². The molecular formula is C19H22N2O4S. The first-order chi connectivity index (χ1) is 12.6. The monoisotopic (exact) mass is 374 g/mol. The first-order valence-corrected chi connectivity index (χ1v) is 9.51. The molecule has 1 saturated heterocycles. The lowest BCUT2D eigenvalue weighted by molar-refractivity contribution is -0.128. The Bertz CT molecular complexity index is 812. The molecule has 0 spiro atoms. The summed E-state index contributed by atoms with van der Waals surface area (Å²) >= 11 is 1.53. The largest absolute Gasteiger partial charge is 0.506 e. The van der Waals surface area contributed by atoms with Gasteiger partial charge in [0, 0.05) is 22.9 Å². The summed E-state index contributed by atoms with van der Waals surface area (Å²) in [6.07, 6.45) is 1.54. The van der Waals surface area contributed by atoms with Crippen LogP contribution >= 0.6 is 11.8 Å². The second-order valence-electron chi connectivity index (χ2n) is 6.01. The van der Waals surface area contributed by atoms with Gasteiger partial charge in [-0.2, -0.15) is 0 Å². The number of aliphatic hydroxyl groups is 1. The van der Waals surface area contributed by atoms with E-state index in [1.54, 1.807) is 18.0 Å². The molecule has 1 unspecified atom stereocenters. The summed E-state index contributed by atoms with van der Waals surface area (Å²) in [4.78, 5) is 18.3. The number of benzene rings is 1. The van der Waals surface area contributed by atoms with Gasteiger partial charge in [-0.15, -0.1) is 11.8 Å². The lowest BCUT2D eigenvalue weighted by Crippen LogP contribution is -2.28. The number of aliphatic hydroxyl groups excluding tert-OH is 1. The van der Waals surface area contributed by atoms with Crippen LogP contribution in [0.25, 0.3) is 0 Å². The SMILES string of the molecule is CCOc1ccccc1C1SCC(=O)N1Cc1c(CO)cnc(C)c1O. The Kier molecular flexibility index (Phi) is 5.68. The van der Waals surface area contributed by atoms with Crippen LogP contribution in [-0.4, -0.2) is 38.4 Å². The third kappa shape index (κ3) is 3.50. The van der Waals surface area contributed by atoms with Gasteiger partial charge in [0.2, 0.25) is 5.91 Å². The number of amides is 1. The molecule has 1 amide bonds. The number of carbonyl (C=O) groups is 1. The van der Waals surface area contributed by atoms with Crippen LogP contribution in [0.1, 0.15) is 34.7 Å². The molecule has 1 atom stereocenters. The lowest BCUT2D eigenvalue weighted by Gasteiger charge is -2.27. The van der Waals surface area contributed by atoms with Gasteiger partial charge in [0.25, 0.3) is 0 Å². The van der Waals surface area contributed by atoms with Crippen molar-refractivity contribution in [1.82, 2.24) is 9.88 Å². The highest BCUT2D eigenvalue weighted by Gasteiger charge is 2.35. The predicted molar refractivity (Wildman–Crippen MR) is 99.9 cm³/mol. The van der Waals surface area contributed by atoms with Crippen molar-refractivity contribution < 1.29 is 19.7 Å². The third-order valence-electron chi connectivity index (χ3n) is 4.38. The molecule has 7 heteroatoms. The van der Waals surface area contributed by atoms with Crippen LogP contribution < -0.4 is 4.74 Å². The molecule has 6 nitrogen and oxygen atoms in total. The molecule has 0 saturated carbocycles. The third-order valence-corrected chi connectivity index (χ3v) is 5.62. The van der Waals surface area contributed by atoms with Crippen molar-refractivity contribution in [1.29, 1.82) is 0 Å². The molecule has 3 rings (SSSR count). The van der Waals surface area contributed by atoms with Crippen LogP contribution in [0, 0.1) is 6.92 Å². The van der Waals surface area contributed by atoms with E-state index in [-0.39, 0.29) is 30.2 Å². The Hall–Kier alpha value is -2.25. The summed E-state index contributed by atoms with van der Waals surface area (Å²) in [6.45, 7) is 4.13. The van der Waals surface area contributed by atoms with Gasteiger partial charge >= 0.3 is 0 Å². The van der Waals surface area contributed by atoms with Crippen LogP contribution in [0.2, 0.25) is 0 Å². The van der Waals surface area contributed by atoms with Crippen molar-refractivity contribution in [3.8, 4) is 11.5 Å². The summed E-state index contributed by atoms with van der Waals surface area (Å²) < 4.78 is 5.72. The molecule has 1 aromatic carbocycles. The molecule has 0 radical (unpaired) electrons. The lowest BCUT2D eigenvalue weighted by atomic mass is 10.1. The molecule has 1 aliphatic heterocycles. The highest BCUT2D eigenvalue weighted by molar-refractivity contribution is 8.00. The minimum absolute atomic E-state index is 0.0101. The zero-order valence-corrected chi connectivity index (χ0v) is 15.6. The van der Waals surface area contributed by atoms with E-state index in [9.17, 15) is 15.0 Å². The van der Waals surface area contributed by atoms with Crippen molar-refractivity contribution in [2.24, 2.45) is 0 Å². The van der Waals surface area contributed by atoms with E-state index in [1.165, 1.54) is 11.8 Å². The highest BCUT2D eigenvalue weighted by Crippen LogP contribution is 2.44. The molecule has 138 valence electrons. The number of aromatic nitrogens is 1. The number of ether oxygens (including phenoxy) is 1. The van der Waals surface area contributed by atoms with Gasteiger partial charge in [-0.1, -0.05) is 18.2 Å². The molecule has 0 aliphatic carbocycles. The Balaban J connectivity index is 1.97. The fourth-order valence-electron chi connectivity index (χ4n) is 3.02. The first kappa shape index (κ1) is 18.5. The van der Waals surface area contributed by atoms with Crippen LogP contribution in [0.15, 0.2) is 30.5 Å². The number of thioether (sulfide) groups is 1. The van der Waals surface area contributed by atoms with Gasteiger partial charge < -0.3 is 19.8 Å². The van der Waals surface area contributed by atoms with Gasteiger partial charge in [0.1, 0.15) is 16.9 Å². The topological polar surface area (TPSA) is 82.9 Å². The Morgan fingerprint density at radius 3 is 2.88 bits per heavy atom. The Morgan fingerprint density at radius 1 is 1.38 bits per heavy atom. The van der Waals surface area contributed by atoms with E-state index >= 15 is 0 Å². The minimum atomic E-state index is -0.244. The second kappa shape index (κ2) is 7.97. The number of para-hydroxylation sites is 1. The number of hydrogen-bond acceptors (Lipinski definition) is 6. The summed E-state index contributed by atoms with van der Waals surface area (Å²) in [7, 11) is 0. The summed E-state index contributed by atoms with van der Waals surface area (Å²) in [5, 5.41) is 19.8. The molecule has 2 aromatic rings. The minimum Gasteiger partial charge on any atom is -0.506 e. The number of aryl methyl sites for hydroxylation is 1. The van der Waals surface area contributed by atoms with E-state index in [0.717, 1.165) is 11.3 Å². The zero-order chi connectivity index (χ0) is 18.7. The van der Waals surface area contributed by atoms with Crippen molar-refractivity contribution in [3.05, 3.63) is 52.8 Å². The normalized spacial score (nSPS) is 17.0. The van der Waals surface area contributed by atoms with E-state index in [0.29, 0.717) is 29.2 Å². The smallest absolute Gasteiger partial charge is 0.234 e. The number of rotatable bonds is 6. The van der Waals surface area contributed by atoms with E-state index in [4.69, 9.17) is 4.74 Å². The molecule has 1 aromatic heterocycles. The van der Waals surface area contributed by atoms with Gasteiger partial charge in [0.15, 0.2) is 0 Å². The molecule has 2 N–H and O–H groups in total. The molecular weight excluding hydrogens is 352 g/mol. The number of aromatic hydroxyl groups is 1. The maximum atomic E-state index is 12.5. The average molecular weight is 374 g/mol. The number of carbonyl (C=O) groups excluding carboxylic acids is 1. The van der Waals surface area contributed by atoms with Crippen molar-refractivity contribution >= 4 is 17.7 Å². The van der Waals surface area contributed by atoms with Crippen LogP contribution in [-0.2, 0) is 17.9 Å².